The summed E-state index contributed by atoms with van der Waals surface area (Å²) in [6.07, 6.45) is 6.38. The van der Waals surface area contributed by atoms with Crippen LogP contribution in [0.1, 0.15) is 12.8 Å². The highest BCUT2D eigenvalue weighted by Gasteiger charge is 2.14. The van der Waals surface area contributed by atoms with Gasteiger partial charge >= 0.3 is 0 Å². The maximum Gasteiger partial charge on any atom is 0.187 e. The smallest absolute Gasteiger partial charge is 0.187 e. The number of hydrogen-bond acceptors (Lipinski definition) is 5. The van der Waals surface area contributed by atoms with Crippen molar-refractivity contribution in [1.82, 2.24) is 15.3 Å². The van der Waals surface area contributed by atoms with Crippen molar-refractivity contribution in [2.75, 3.05) is 25.4 Å². The normalized spacial score (nSPS) is 20.1. The van der Waals surface area contributed by atoms with Crippen molar-refractivity contribution in [3.8, 4) is 0 Å². The third kappa shape index (κ3) is 4.08. The summed E-state index contributed by atoms with van der Waals surface area (Å²) in [5, 5.41) is 4.24. The van der Waals surface area contributed by atoms with Gasteiger partial charge in [-0.1, -0.05) is 11.8 Å². The van der Waals surface area contributed by atoms with Crippen molar-refractivity contribution in [1.29, 1.82) is 0 Å². The second-order valence-corrected chi connectivity index (χ2v) is 4.78. The molecule has 2 rings (SSSR count). The standard InChI is InChI=1S/C11H17N3OS/c1-3-10(15-7-1)9-12-6-8-16-11-13-4-2-5-14-11/h2,4-5,10,12H,1,3,6-9H2. The maximum absolute atomic E-state index is 5.52. The van der Waals surface area contributed by atoms with Crippen LogP contribution in [-0.2, 0) is 4.74 Å². The molecule has 0 radical (unpaired) electrons. The van der Waals surface area contributed by atoms with Crippen LogP contribution < -0.4 is 5.32 Å². The van der Waals surface area contributed by atoms with E-state index in [-0.39, 0.29) is 0 Å². The van der Waals surface area contributed by atoms with Gasteiger partial charge in [-0.2, -0.15) is 0 Å². The second kappa shape index (κ2) is 6.83. The van der Waals surface area contributed by atoms with Crippen LogP contribution in [0.5, 0.6) is 0 Å². The van der Waals surface area contributed by atoms with Gasteiger partial charge in [0.25, 0.3) is 0 Å². The minimum absolute atomic E-state index is 0.429. The Bertz CT molecular complexity index is 291. The van der Waals surface area contributed by atoms with Crippen LogP contribution in [-0.4, -0.2) is 41.5 Å². The zero-order chi connectivity index (χ0) is 11.1. The van der Waals surface area contributed by atoms with E-state index in [9.17, 15) is 0 Å². The molecular formula is C11H17N3OS. The third-order valence-electron chi connectivity index (χ3n) is 2.45. The first-order chi connectivity index (χ1) is 7.95. The molecule has 1 aromatic rings. The molecule has 88 valence electrons. The van der Waals surface area contributed by atoms with E-state index in [1.54, 1.807) is 24.2 Å². The van der Waals surface area contributed by atoms with Gasteiger partial charge in [-0.15, -0.1) is 0 Å². The first-order valence-electron chi connectivity index (χ1n) is 5.67. The molecule has 16 heavy (non-hydrogen) atoms. The second-order valence-electron chi connectivity index (χ2n) is 3.72. The van der Waals surface area contributed by atoms with Crippen molar-refractivity contribution in [2.45, 2.75) is 24.1 Å². The van der Waals surface area contributed by atoms with Crippen molar-refractivity contribution < 1.29 is 4.74 Å². The fourth-order valence-corrected chi connectivity index (χ4v) is 2.34. The molecule has 1 N–H and O–H groups in total. The Labute approximate surface area is 100 Å². The van der Waals surface area contributed by atoms with Gasteiger partial charge < -0.3 is 10.1 Å². The molecule has 0 bridgehead atoms. The van der Waals surface area contributed by atoms with E-state index in [4.69, 9.17) is 4.74 Å². The van der Waals surface area contributed by atoms with Gasteiger partial charge in [-0.25, -0.2) is 9.97 Å². The molecule has 0 aliphatic carbocycles. The van der Waals surface area contributed by atoms with Crippen LogP contribution >= 0.6 is 11.8 Å². The molecule has 5 heteroatoms. The van der Waals surface area contributed by atoms with Crippen molar-refractivity contribution in [2.24, 2.45) is 0 Å². The monoisotopic (exact) mass is 239 g/mol. The summed E-state index contributed by atoms with van der Waals surface area (Å²) in [6, 6.07) is 1.83. The predicted octanol–water partition coefficient (Wildman–Crippen LogP) is 1.34. The lowest BCUT2D eigenvalue weighted by Gasteiger charge is -2.09. The molecule has 0 amide bonds. The van der Waals surface area contributed by atoms with E-state index in [0.717, 1.165) is 30.6 Å². The van der Waals surface area contributed by atoms with E-state index < -0.39 is 0 Å². The minimum Gasteiger partial charge on any atom is -0.377 e. The summed E-state index contributed by atoms with van der Waals surface area (Å²) >= 11 is 1.68. The van der Waals surface area contributed by atoms with Crippen molar-refractivity contribution in [3.63, 3.8) is 0 Å². The number of rotatable bonds is 6. The average Bonchev–Trinajstić information content (AvgIpc) is 2.83. The molecule has 1 atom stereocenters. The van der Waals surface area contributed by atoms with Crippen LogP contribution in [0, 0.1) is 0 Å². The summed E-state index contributed by atoms with van der Waals surface area (Å²) < 4.78 is 5.52. The van der Waals surface area contributed by atoms with Crippen LogP contribution in [0.2, 0.25) is 0 Å². The molecule has 1 unspecified atom stereocenters. The quantitative estimate of drug-likeness (QED) is 0.461. The van der Waals surface area contributed by atoms with Crippen LogP contribution in [0.15, 0.2) is 23.6 Å². The van der Waals surface area contributed by atoms with Crippen molar-refractivity contribution >= 4 is 11.8 Å². The molecule has 1 fully saturated rings. The Morgan fingerprint density at radius 2 is 2.31 bits per heavy atom. The number of nitrogens with zero attached hydrogens (tertiary/aromatic N) is 2. The lowest BCUT2D eigenvalue weighted by atomic mass is 10.2. The van der Waals surface area contributed by atoms with E-state index in [2.05, 4.69) is 15.3 Å². The molecule has 4 nitrogen and oxygen atoms in total. The van der Waals surface area contributed by atoms with Gasteiger partial charge in [0.2, 0.25) is 0 Å². The average molecular weight is 239 g/mol. The largest absolute Gasteiger partial charge is 0.377 e. The molecule has 2 heterocycles. The summed E-state index contributed by atoms with van der Waals surface area (Å²) in [6.45, 7) is 2.87. The van der Waals surface area contributed by atoms with E-state index >= 15 is 0 Å². The Kier molecular flexibility index (Phi) is 5.05. The highest BCUT2D eigenvalue weighted by molar-refractivity contribution is 7.99. The zero-order valence-electron chi connectivity index (χ0n) is 9.26. The van der Waals surface area contributed by atoms with E-state index in [1.807, 2.05) is 6.07 Å². The lowest BCUT2D eigenvalue weighted by molar-refractivity contribution is 0.110. The molecule has 0 saturated carbocycles. The minimum atomic E-state index is 0.429. The molecule has 0 aromatic carbocycles. The number of aromatic nitrogens is 2. The fraction of sp³-hybridized carbons (Fsp3) is 0.636. The zero-order valence-corrected chi connectivity index (χ0v) is 10.1. The highest BCUT2D eigenvalue weighted by atomic mass is 32.2. The summed E-state index contributed by atoms with van der Waals surface area (Å²) in [7, 11) is 0. The first-order valence-corrected chi connectivity index (χ1v) is 6.66. The van der Waals surface area contributed by atoms with Crippen LogP contribution in [0.4, 0.5) is 0 Å². The van der Waals surface area contributed by atoms with Gasteiger partial charge in [0.15, 0.2) is 5.16 Å². The van der Waals surface area contributed by atoms with Crippen molar-refractivity contribution in [3.05, 3.63) is 18.5 Å². The summed E-state index contributed by atoms with van der Waals surface area (Å²) in [5.41, 5.74) is 0. The number of ether oxygens (including phenoxy) is 1. The SMILES string of the molecule is c1cnc(SCCNCC2CCCO2)nc1. The van der Waals surface area contributed by atoms with Gasteiger partial charge in [-0.3, -0.25) is 0 Å². The first kappa shape index (κ1) is 11.8. The Hall–Kier alpha value is -0.650. The van der Waals surface area contributed by atoms with Gasteiger partial charge in [0.05, 0.1) is 6.10 Å². The molecule has 0 spiro atoms. The van der Waals surface area contributed by atoms with Gasteiger partial charge in [0, 0.05) is 37.8 Å². The molecule has 1 saturated heterocycles. The van der Waals surface area contributed by atoms with Crippen LogP contribution in [0.3, 0.4) is 0 Å². The molecular weight excluding hydrogens is 222 g/mol. The molecule has 1 aliphatic heterocycles. The van der Waals surface area contributed by atoms with Gasteiger partial charge in [0.1, 0.15) is 0 Å². The summed E-state index contributed by atoms with van der Waals surface area (Å²) in [5.74, 6) is 0.997. The molecule has 1 aliphatic rings. The topological polar surface area (TPSA) is 47.0 Å². The third-order valence-corrected chi connectivity index (χ3v) is 3.33. The lowest BCUT2D eigenvalue weighted by Crippen LogP contribution is -2.27. The Morgan fingerprint density at radius 1 is 1.44 bits per heavy atom. The molecule has 1 aromatic heterocycles. The maximum atomic E-state index is 5.52. The van der Waals surface area contributed by atoms with Crippen LogP contribution in [0.25, 0.3) is 0 Å². The highest BCUT2D eigenvalue weighted by Crippen LogP contribution is 2.11. The Balaban J connectivity index is 1.52. The number of hydrogen-bond donors (Lipinski definition) is 1. The van der Waals surface area contributed by atoms with E-state index in [1.165, 1.54) is 12.8 Å². The Morgan fingerprint density at radius 3 is 3.06 bits per heavy atom. The fourth-order valence-electron chi connectivity index (χ4n) is 1.64. The van der Waals surface area contributed by atoms with Gasteiger partial charge in [-0.05, 0) is 18.9 Å². The predicted molar refractivity (Wildman–Crippen MR) is 64.6 cm³/mol. The van der Waals surface area contributed by atoms with E-state index in [0.29, 0.717) is 6.10 Å². The number of nitrogens with one attached hydrogen (secondary N) is 1. The summed E-state index contributed by atoms with van der Waals surface area (Å²) in [4.78, 5) is 8.31. The number of thioether (sulfide) groups is 1.